The van der Waals surface area contributed by atoms with Crippen molar-refractivity contribution < 1.29 is 14.6 Å². The van der Waals surface area contributed by atoms with E-state index in [-0.39, 0.29) is 12.0 Å². The zero-order valence-electron chi connectivity index (χ0n) is 16.2. The molecule has 1 fully saturated rings. The first-order chi connectivity index (χ1) is 13.7. The number of benzene rings is 2. The summed E-state index contributed by atoms with van der Waals surface area (Å²) in [7, 11) is 3.37. The molecule has 3 aromatic rings. The number of aliphatic hydroxyl groups is 1. The summed E-state index contributed by atoms with van der Waals surface area (Å²) in [5.41, 5.74) is 2.09. The first-order valence-electron chi connectivity index (χ1n) is 9.47. The minimum absolute atomic E-state index is 0.156. The molecular weight excluding hydrogens is 354 g/mol. The van der Waals surface area contributed by atoms with Crippen LogP contribution in [0.2, 0.25) is 0 Å². The molecule has 6 heteroatoms. The van der Waals surface area contributed by atoms with E-state index in [1.54, 1.807) is 32.8 Å². The van der Waals surface area contributed by atoms with Crippen LogP contribution in [0.25, 0.3) is 10.8 Å². The lowest BCUT2D eigenvalue weighted by molar-refractivity contribution is 0.140. The molecule has 0 radical (unpaired) electrons. The average molecular weight is 379 g/mol. The molecule has 28 heavy (non-hydrogen) atoms. The summed E-state index contributed by atoms with van der Waals surface area (Å²) in [4.78, 5) is 10.8. The molecule has 2 aromatic carbocycles. The zero-order valence-corrected chi connectivity index (χ0v) is 16.2. The molecule has 6 nitrogen and oxygen atoms in total. The zero-order chi connectivity index (χ0) is 19.5. The molecule has 1 aliphatic rings. The molecule has 1 aromatic heterocycles. The highest BCUT2D eigenvalue weighted by Gasteiger charge is 2.32. The second-order valence-corrected chi connectivity index (χ2v) is 7.23. The van der Waals surface area contributed by atoms with Gasteiger partial charge in [-0.1, -0.05) is 18.2 Å². The van der Waals surface area contributed by atoms with Gasteiger partial charge in [-0.25, -0.2) is 0 Å². The van der Waals surface area contributed by atoms with Crippen LogP contribution in [-0.2, 0) is 13.0 Å². The van der Waals surface area contributed by atoms with Crippen molar-refractivity contribution in [1.82, 2.24) is 14.9 Å². The molecule has 146 valence electrons. The van der Waals surface area contributed by atoms with Crippen molar-refractivity contribution in [2.75, 3.05) is 27.3 Å². The summed E-state index contributed by atoms with van der Waals surface area (Å²) < 4.78 is 11.1. The fraction of sp³-hybridized carbons (Fsp3) is 0.364. The van der Waals surface area contributed by atoms with Crippen LogP contribution in [-0.4, -0.2) is 53.4 Å². The molecule has 1 saturated heterocycles. The number of rotatable bonds is 6. The Morgan fingerprint density at radius 3 is 2.68 bits per heavy atom. The first-order valence-corrected chi connectivity index (χ1v) is 9.47. The Balaban J connectivity index is 1.57. The summed E-state index contributed by atoms with van der Waals surface area (Å²) in [6.45, 7) is 2.21. The van der Waals surface area contributed by atoms with E-state index in [9.17, 15) is 5.11 Å². The summed E-state index contributed by atoms with van der Waals surface area (Å²) in [6.07, 6.45) is 5.51. The van der Waals surface area contributed by atoms with E-state index in [1.807, 2.05) is 18.2 Å². The minimum atomic E-state index is -0.367. The number of hydrogen-bond donors (Lipinski definition) is 1. The van der Waals surface area contributed by atoms with Gasteiger partial charge in [0.25, 0.3) is 0 Å². The number of hydrogen-bond acceptors (Lipinski definition) is 6. The first kappa shape index (κ1) is 18.7. The number of aliphatic hydroxyl groups excluding tert-OH is 1. The second kappa shape index (κ2) is 8.12. The van der Waals surface area contributed by atoms with Gasteiger partial charge in [0.15, 0.2) is 0 Å². The molecule has 0 unspecified atom stereocenters. The Labute approximate surface area is 164 Å². The number of fused-ring (bicyclic) bond motifs is 1. The molecule has 0 saturated carbocycles. The molecule has 1 aliphatic heterocycles. The van der Waals surface area contributed by atoms with Crippen LogP contribution >= 0.6 is 0 Å². The van der Waals surface area contributed by atoms with E-state index in [4.69, 9.17) is 9.47 Å². The van der Waals surface area contributed by atoms with Gasteiger partial charge in [0, 0.05) is 54.9 Å². The van der Waals surface area contributed by atoms with Crippen molar-refractivity contribution in [3.8, 4) is 11.5 Å². The van der Waals surface area contributed by atoms with Crippen LogP contribution in [0.1, 0.15) is 11.3 Å². The molecule has 0 spiro atoms. The summed E-state index contributed by atoms with van der Waals surface area (Å²) in [5, 5.41) is 12.7. The third kappa shape index (κ3) is 3.66. The van der Waals surface area contributed by atoms with Gasteiger partial charge in [-0.2, -0.15) is 0 Å². The SMILES string of the molecule is COc1ccc(CN2C[C@@H](Cc3cnccn3)[C@H](O)C2)c2c(OC)cccc12. The lowest BCUT2D eigenvalue weighted by atomic mass is 10.0. The Kier molecular flexibility index (Phi) is 5.41. The molecule has 2 atom stereocenters. The quantitative estimate of drug-likeness (QED) is 0.710. The van der Waals surface area contributed by atoms with Crippen LogP contribution in [0.4, 0.5) is 0 Å². The minimum Gasteiger partial charge on any atom is -0.496 e. The monoisotopic (exact) mass is 379 g/mol. The highest BCUT2D eigenvalue weighted by atomic mass is 16.5. The van der Waals surface area contributed by atoms with E-state index < -0.39 is 0 Å². The topological polar surface area (TPSA) is 67.7 Å². The van der Waals surface area contributed by atoms with E-state index in [1.165, 1.54) is 5.56 Å². The Morgan fingerprint density at radius 2 is 1.93 bits per heavy atom. The largest absolute Gasteiger partial charge is 0.496 e. The summed E-state index contributed by atoms with van der Waals surface area (Å²) >= 11 is 0. The van der Waals surface area contributed by atoms with E-state index in [0.29, 0.717) is 6.54 Å². The Hall–Kier alpha value is -2.70. The number of aromatic nitrogens is 2. The predicted molar refractivity (Wildman–Crippen MR) is 108 cm³/mol. The maximum absolute atomic E-state index is 10.6. The summed E-state index contributed by atoms with van der Waals surface area (Å²) in [6, 6.07) is 10.1. The Morgan fingerprint density at radius 1 is 1.07 bits per heavy atom. The number of likely N-dealkylation sites (tertiary alicyclic amines) is 1. The maximum atomic E-state index is 10.6. The van der Waals surface area contributed by atoms with Crippen LogP contribution in [0.5, 0.6) is 11.5 Å². The fourth-order valence-corrected chi connectivity index (χ4v) is 4.11. The molecule has 1 N–H and O–H groups in total. The number of ether oxygens (including phenoxy) is 2. The predicted octanol–water partition coefficient (Wildman–Crippen LogP) is 2.68. The van der Waals surface area contributed by atoms with Crippen LogP contribution in [0.15, 0.2) is 48.9 Å². The van der Waals surface area contributed by atoms with Gasteiger partial charge in [0.2, 0.25) is 0 Å². The van der Waals surface area contributed by atoms with Crippen molar-refractivity contribution in [3.63, 3.8) is 0 Å². The van der Waals surface area contributed by atoms with Gasteiger partial charge in [0.1, 0.15) is 11.5 Å². The van der Waals surface area contributed by atoms with Crippen molar-refractivity contribution >= 4 is 10.8 Å². The van der Waals surface area contributed by atoms with Gasteiger partial charge in [0.05, 0.1) is 26.0 Å². The lowest BCUT2D eigenvalue weighted by Crippen LogP contribution is -2.21. The fourth-order valence-electron chi connectivity index (χ4n) is 4.11. The van der Waals surface area contributed by atoms with Gasteiger partial charge in [-0.3, -0.25) is 14.9 Å². The molecule has 0 amide bonds. The van der Waals surface area contributed by atoms with E-state index in [2.05, 4.69) is 27.0 Å². The second-order valence-electron chi connectivity index (χ2n) is 7.23. The van der Waals surface area contributed by atoms with Gasteiger partial charge < -0.3 is 14.6 Å². The highest BCUT2D eigenvalue weighted by molar-refractivity contribution is 5.95. The van der Waals surface area contributed by atoms with Crippen LogP contribution in [0, 0.1) is 5.92 Å². The molecule has 0 aliphatic carbocycles. The van der Waals surface area contributed by atoms with Gasteiger partial charge in [-0.15, -0.1) is 0 Å². The summed E-state index contributed by atoms with van der Waals surface area (Å²) in [5.74, 6) is 1.82. The van der Waals surface area contributed by atoms with Gasteiger partial charge in [-0.05, 0) is 24.1 Å². The third-order valence-electron chi connectivity index (χ3n) is 5.45. The normalized spacial score (nSPS) is 19.8. The van der Waals surface area contributed by atoms with E-state index in [0.717, 1.165) is 47.5 Å². The maximum Gasteiger partial charge on any atom is 0.127 e. The third-order valence-corrected chi connectivity index (χ3v) is 5.45. The van der Waals surface area contributed by atoms with Crippen molar-refractivity contribution in [1.29, 1.82) is 0 Å². The molecule has 4 rings (SSSR count). The molecule has 0 bridgehead atoms. The van der Waals surface area contributed by atoms with E-state index >= 15 is 0 Å². The average Bonchev–Trinajstić information content (AvgIpc) is 3.07. The van der Waals surface area contributed by atoms with Crippen molar-refractivity contribution in [3.05, 3.63) is 60.2 Å². The number of β-amino-alcohol motifs (C(OH)–C–C–N with tert-alkyl or cyclic N) is 1. The molecular formula is C22H25N3O3. The number of nitrogens with zero attached hydrogens (tertiary/aromatic N) is 3. The standard InChI is InChI=1S/C22H25N3O3/c1-27-20-7-6-15(22-18(20)4-3-5-21(22)28-2)12-25-13-16(19(26)14-25)10-17-11-23-8-9-24-17/h3-9,11,16,19,26H,10,12-14H2,1-2H3/t16-,19-/m1/s1. The Bertz CT molecular complexity index is 948. The van der Waals surface area contributed by atoms with Crippen LogP contribution in [0.3, 0.4) is 0 Å². The lowest BCUT2D eigenvalue weighted by Gasteiger charge is -2.19. The number of methoxy groups -OCH3 is 2. The van der Waals surface area contributed by atoms with Gasteiger partial charge >= 0.3 is 0 Å². The molecule has 2 heterocycles. The highest BCUT2D eigenvalue weighted by Crippen LogP contribution is 2.36. The van der Waals surface area contributed by atoms with Crippen molar-refractivity contribution in [2.45, 2.75) is 19.1 Å². The van der Waals surface area contributed by atoms with Crippen molar-refractivity contribution in [2.24, 2.45) is 5.92 Å². The smallest absolute Gasteiger partial charge is 0.127 e. The van der Waals surface area contributed by atoms with Crippen LogP contribution < -0.4 is 9.47 Å².